The first-order valence-corrected chi connectivity index (χ1v) is 6.31. The van der Waals surface area contributed by atoms with Crippen molar-refractivity contribution in [3.8, 4) is 0 Å². The molecule has 0 aromatic heterocycles. The number of hydrogen-bond donors (Lipinski definition) is 2. The molecule has 2 rings (SSSR count). The van der Waals surface area contributed by atoms with Crippen molar-refractivity contribution >= 4 is 5.91 Å². The Morgan fingerprint density at radius 1 is 1.44 bits per heavy atom. The molecule has 2 aliphatic rings. The molecule has 2 unspecified atom stereocenters. The first kappa shape index (κ1) is 11.9. The highest BCUT2D eigenvalue weighted by molar-refractivity contribution is 5.84. The molecule has 0 bridgehead atoms. The lowest BCUT2D eigenvalue weighted by Gasteiger charge is -2.29. The Labute approximate surface area is 97.0 Å². The molecular formula is C12H22N2O2. The average molecular weight is 226 g/mol. The standard InChI is InChI=1S/C12H22N2O2/c1-8(2)11(7-15)14-6-5-10(12(14)16)13-9-3-4-9/h8-11,13,15H,3-7H2,1-2H3. The summed E-state index contributed by atoms with van der Waals surface area (Å²) in [7, 11) is 0. The van der Waals surface area contributed by atoms with Gasteiger partial charge in [0.1, 0.15) is 0 Å². The van der Waals surface area contributed by atoms with E-state index >= 15 is 0 Å². The Hall–Kier alpha value is -0.610. The van der Waals surface area contributed by atoms with Gasteiger partial charge in [-0.15, -0.1) is 0 Å². The zero-order valence-corrected chi connectivity index (χ0v) is 10.1. The Bertz CT molecular complexity index is 264. The van der Waals surface area contributed by atoms with E-state index in [4.69, 9.17) is 0 Å². The molecule has 2 fully saturated rings. The lowest BCUT2D eigenvalue weighted by atomic mass is 10.0. The molecule has 1 aliphatic heterocycles. The van der Waals surface area contributed by atoms with E-state index in [9.17, 15) is 9.90 Å². The van der Waals surface area contributed by atoms with Crippen LogP contribution in [-0.4, -0.2) is 47.2 Å². The van der Waals surface area contributed by atoms with Gasteiger partial charge in [-0.3, -0.25) is 4.79 Å². The number of likely N-dealkylation sites (tertiary alicyclic amines) is 1. The number of amides is 1. The fraction of sp³-hybridized carbons (Fsp3) is 0.917. The summed E-state index contributed by atoms with van der Waals surface area (Å²) in [6.45, 7) is 4.96. The highest BCUT2D eigenvalue weighted by atomic mass is 16.3. The van der Waals surface area contributed by atoms with Crippen molar-refractivity contribution in [3.05, 3.63) is 0 Å². The number of carbonyl (C=O) groups excluding carboxylic acids is 1. The van der Waals surface area contributed by atoms with Crippen LogP contribution in [0.1, 0.15) is 33.1 Å². The van der Waals surface area contributed by atoms with Gasteiger partial charge in [0.15, 0.2) is 0 Å². The molecule has 1 heterocycles. The normalized spacial score (nSPS) is 27.9. The molecule has 1 aliphatic carbocycles. The van der Waals surface area contributed by atoms with Gasteiger partial charge in [0, 0.05) is 12.6 Å². The van der Waals surface area contributed by atoms with E-state index in [0.717, 1.165) is 13.0 Å². The van der Waals surface area contributed by atoms with E-state index < -0.39 is 0 Å². The maximum Gasteiger partial charge on any atom is 0.240 e. The number of aliphatic hydroxyl groups excluding tert-OH is 1. The third-order valence-electron chi connectivity index (χ3n) is 3.61. The highest BCUT2D eigenvalue weighted by Crippen LogP contribution is 2.24. The van der Waals surface area contributed by atoms with Gasteiger partial charge in [0.25, 0.3) is 0 Å². The minimum absolute atomic E-state index is 0.000278. The summed E-state index contributed by atoms with van der Waals surface area (Å²) in [4.78, 5) is 14.0. The molecule has 0 radical (unpaired) electrons. The van der Waals surface area contributed by atoms with E-state index in [0.29, 0.717) is 12.0 Å². The van der Waals surface area contributed by atoms with E-state index in [1.807, 2.05) is 4.90 Å². The topological polar surface area (TPSA) is 52.6 Å². The Morgan fingerprint density at radius 3 is 2.62 bits per heavy atom. The molecule has 2 N–H and O–H groups in total. The van der Waals surface area contributed by atoms with Gasteiger partial charge in [0.05, 0.1) is 18.7 Å². The van der Waals surface area contributed by atoms with Crippen molar-refractivity contribution in [2.24, 2.45) is 5.92 Å². The second kappa shape index (κ2) is 4.72. The SMILES string of the molecule is CC(C)C(CO)N1CCC(NC2CC2)C1=O. The predicted molar refractivity (Wildman–Crippen MR) is 62.0 cm³/mol. The second-order valence-electron chi connectivity index (χ2n) is 5.31. The summed E-state index contributed by atoms with van der Waals surface area (Å²) in [6, 6.07) is 0.555. The lowest BCUT2D eigenvalue weighted by molar-refractivity contribution is -0.133. The third-order valence-corrected chi connectivity index (χ3v) is 3.61. The molecule has 2 atom stereocenters. The minimum atomic E-state index is -0.0153. The predicted octanol–water partition coefficient (Wildman–Crippen LogP) is 0.356. The summed E-state index contributed by atoms with van der Waals surface area (Å²) >= 11 is 0. The number of rotatable bonds is 5. The summed E-state index contributed by atoms with van der Waals surface area (Å²) < 4.78 is 0. The largest absolute Gasteiger partial charge is 0.394 e. The van der Waals surface area contributed by atoms with Crippen LogP contribution in [0, 0.1) is 5.92 Å². The van der Waals surface area contributed by atoms with Crippen molar-refractivity contribution in [2.45, 2.75) is 51.2 Å². The Balaban J connectivity index is 1.93. The molecular weight excluding hydrogens is 204 g/mol. The first-order valence-electron chi connectivity index (χ1n) is 6.31. The van der Waals surface area contributed by atoms with Gasteiger partial charge < -0.3 is 15.3 Å². The van der Waals surface area contributed by atoms with Crippen LogP contribution in [0.5, 0.6) is 0 Å². The van der Waals surface area contributed by atoms with Gasteiger partial charge in [-0.1, -0.05) is 13.8 Å². The minimum Gasteiger partial charge on any atom is -0.394 e. The molecule has 1 amide bonds. The van der Waals surface area contributed by atoms with Crippen LogP contribution in [0.3, 0.4) is 0 Å². The average Bonchev–Trinajstić information content (AvgIpc) is 2.98. The van der Waals surface area contributed by atoms with E-state index in [-0.39, 0.29) is 24.6 Å². The Kier molecular flexibility index (Phi) is 3.50. The number of nitrogens with one attached hydrogen (secondary N) is 1. The van der Waals surface area contributed by atoms with Gasteiger partial charge >= 0.3 is 0 Å². The zero-order valence-electron chi connectivity index (χ0n) is 10.1. The molecule has 4 heteroatoms. The lowest BCUT2D eigenvalue weighted by Crippen LogP contribution is -2.46. The smallest absolute Gasteiger partial charge is 0.240 e. The third kappa shape index (κ3) is 2.38. The summed E-state index contributed by atoms with van der Waals surface area (Å²) in [5.41, 5.74) is 0. The highest BCUT2D eigenvalue weighted by Gasteiger charge is 2.38. The molecule has 0 aromatic rings. The molecule has 0 aromatic carbocycles. The first-order chi connectivity index (χ1) is 7.63. The van der Waals surface area contributed by atoms with E-state index in [1.54, 1.807) is 0 Å². The van der Waals surface area contributed by atoms with Crippen molar-refractivity contribution in [1.29, 1.82) is 0 Å². The van der Waals surface area contributed by atoms with Crippen LogP contribution in [0.25, 0.3) is 0 Å². The maximum absolute atomic E-state index is 12.1. The van der Waals surface area contributed by atoms with Crippen molar-refractivity contribution in [3.63, 3.8) is 0 Å². The maximum atomic E-state index is 12.1. The summed E-state index contributed by atoms with van der Waals surface area (Å²) in [5, 5.41) is 12.7. The Morgan fingerprint density at radius 2 is 2.12 bits per heavy atom. The number of hydrogen-bond acceptors (Lipinski definition) is 3. The zero-order chi connectivity index (χ0) is 11.7. The van der Waals surface area contributed by atoms with Crippen LogP contribution in [0.4, 0.5) is 0 Å². The van der Waals surface area contributed by atoms with Gasteiger partial charge in [-0.25, -0.2) is 0 Å². The van der Waals surface area contributed by atoms with E-state index in [2.05, 4.69) is 19.2 Å². The van der Waals surface area contributed by atoms with E-state index in [1.165, 1.54) is 12.8 Å². The van der Waals surface area contributed by atoms with Crippen LogP contribution in [-0.2, 0) is 4.79 Å². The molecule has 0 spiro atoms. The molecule has 1 saturated heterocycles. The van der Waals surface area contributed by atoms with Crippen LogP contribution < -0.4 is 5.32 Å². The fourth-order valence-electron chi connectivity index (χ4n) is 2.39. The molecule has 4 nitrogen and oxygen atoms in total. The van der Waals surface area contributed by atoms with Crippen molar-refractivity contribution in [1.82, 2.24) is 10.2 Å². The molecule has 16 heavy (non-hydrogen) atoms. The number of nitrogens with zero attached hydrogens (tertiary/aromatic N) is 1. The van der Waals surface area contributed by atoms with Gasteiger partial charge in [-0.05, 0) is 25.2 Å². The van der Waals surface area contributed by atoms with Crippen LogP contribution in [0.15, 0.2) is 0 Å². The molecule has 1 saturated carbocycles. The van der Waals surface area contributed by atoms with Gasteiger partial charge in [-0.2, -0.15) is 0 Å². The number of carbonyl (C=O) groups is 1. The summed E-state index contributed by atoms with van der Waals surface area (Å²) in [5.74, 6) is 0.494. The fourth-order valence-corrected chi connectivity index (χ4v) is 2.39. The van der Waals surface area contributed by atoms with Crippen LogP contribution in [0.2, 0.25) is 0 Å². The number of aliphatic hydroxyl groups is 1. The second-order valence-corrected chi connectivity index (χ2v) is 5.31. The quantitative estimate of drug-likeness (QED) is 0.711. The van der Waals surface area contributed by atoms with Crippen molar-refractivity contribution in [2.75, 3.05) is 13.2 Å². The van der Waals surface area contributed by atoms with Crippen molar-refractivity contribution < 1.29 is 9.90 Å². The van der Waals surface area contributed by atoms with Gasteiger partial charge in [0.2, 0.25) is 5.91 Å². The summed E-state index contributed by atoms with van der Waals surface area (Å²) in [6.07, 6.45) is 3.30. The molecule has 92 valence electrons. The monoisotopic (exact) mass is 226 g/mol. The van der Waals surface area contributed by atoms with Crippen LogP contribution >= 0.6 is 0 Å².